The molecule has 508 valence electrons. The monoisotopic (exact) mass is 1300 g/mol. The Balaban J connectivity index is 0.000000282. The van der Waals surface area contributed by atoms with Gasteiger partial charge in [-0.25, -0.2) is 14.4 Å². The fraction of sp³-hybridized carbons (Fsp3) is 0.395. The van der Waals surface area contributed by atoms with E-state index >= 15 is 0 Å². The van der Waals surface area contributed by atoms with Crippen LogP contribution in [0, 0.1) is 39.5 Å². The number of ketones is 4. The van der Waals surface area contributed by atoms with E-state index in [0.29, 0.717) is 73.4 Å². The van der Waals surface area contributed by atoms with E-state index < -0.39 is 11.9 Å². The minimum Gasteiger partial charge on any atom is -0.494 e. The van der Waals surface area contributed by atoms with Gasteiger partial charge in [0.05, 0.1) is 39.6 Å². The van der Waals surface area contributed by atoms with E-state index in [4.69, 9.17) is 33.2 Å². The van der Waals surface area contributed by atoms with Crippen molar-refractivity contribution in [2.75, 3.05) is 39.6 Å². The number of unbranched alkanes of at least 4 members (excludes halogenated alkanes) is 8. The van der Waals surface area contributed by atoms with E-state index in [1.165, 1.54) is 72.6 Å². The van der Waals surface area contributed by atoms with Gasteiger partial charge in [0.1, 0.15) is 29.1 Å². The van der Waals surface area contributed by atoms with E-state index in [1.807, 2.05) is 6.92 Å². The number of aryl methyl sites for hydroxylation is 4. The van der Waals surface area contributed by atoms with Crippen LogP contribution in [0.4, 0.5) is 0 Å². The van der Waals surface area contributed by atoms with Crippen LogP contribution in [0.1, 0.15) is 205 Å². The normalized spacial score (nSPS) is 12.9. The summed E-state index contributed by atoms with van der Waals surface area (Å²) in [6.45, 7) is 31.0. The van der Waals surface area contributed by atoms with E-state index in [0.717, 1.165) is 106 Å². The Hall–Kier alpha value is -9.17. The molecule has 1 unspecified atom stereocenters. The molecule has 1 heterocycles. The second-order valence-electron chi connectivity index (χ2n) is 23.8. The van der Waals surface area contributed by atoms with E-state index in [1.54, 1.807) is 97.1 Å². The van der Waals surface area contributed by atoms with Crippen molar-refractivity contribution >= 4 is 41.0 Å². The maximum Gasteiger partial charge on any atom is 0.330 e. The Labute approximate surface area is 564 Å². The van der Waals surface area contributed by atoms with E-state index in [-0.39, 0.29) is 41.1 Å². The molecule has 14 heteroatoms. The summed E-state index contributed by atoms with van der Waals surface area (Å²) in [5, 5.41) is 0. The Morgan fingerprint density at radius 1 is 0.474 bits per heavy atom. The molecule has 0 aliphatic carbocycles. The predicted molar refractivity (Wildman–Crippen MR) is 376 cm³/mol. The molecule has 0 aromatic heterocycles. The smallest absolute Gasteiger partial charge is 0.330 e. The van der Waals surface area contributed by atoms with Crippen LogP contribution in [0.3, 0.4) is 0 Å². The molecule has 3 atom stereocenters. The van der Waals surface area contributed by atoms with Gasteiger partial charge in [0.15, 0.2) is 23.1 Å². The largest absolute Gasteiger partial charge is 0.494 e. The first-order chi connectivity index (χ1) is 45.7. The lowest BCUT2D eigenvalue weighted by Gasteiger charge is -2.33. The molecule has 0 saturated heterocycles. The first-order valence-corrected chi connectivity index (χ1v) is 33.3. The zero-order valence-corrected chi connectivity index (χ0v) is 57.6. The summed E-state index contributed by atoms with van der Waals surface area (Å²) in [5.74, 6) is 2.71. The number of benzene rings is 6. The van der Waals surface area contributed by atoms with Gasteiger partial charge in [-0.3, -0.25) is 19.2 Å². The molecule has 1 aliphatic heterocycles. The van der Waals surface area contributed by atoms with E-state index in [2.05, 4.69) is 91.6 Å². The third kappa shape index (κ3) is 29.3. The second-order valence-corrected chi connectivity index (χ2v) is 23.8. The van der Waals surface area contributed by atoms with Gasteiger partial charge in [0, 0.05) is 57.9 Å². The molecule has 7 rings (SSSR count). The summed E-state index contributed by atoms with van der Waals surface area (Å²) in [7, 11) is 0. The van der Waals surface area contributed by atoms with E-state index in [9.17, 15) is 33.6 Å². The fourth-order valence-electron chi connectivity index (χ4n) is 10.1. The molecule has 0 amide bonds. The lowest BCUT2D eigenvalue weighted by atomic mass is 9.85. The lowest BCUT2D eigenvalue weighted by Crippen LogP contribution is -2.24. The molecule has 0 N–H and O–H groups in total. The number of carbonyl (C=O) groups is 7. The minimum atomic E-state index is -0.402. The van der Waals surface area contributed by atoms with Crippen LogP contribution in [0.2, 0.25) is 0 Å². The number of hydrogen-bond acceptors (Lipinski definition) is 14. The Kier molecular flexibility index (Phi) is 36.0. The zero-order valence-electron chi connectivity index (χ0n) is 57.6. The highest BCUT2D eigenvalue weighted by Crippen LogP contribution is 2.41. The minimum absolute atomic E-state index is 0.00187. The Morgan fingerprint density at radius 3 is 1.31 bits per heavy atom. The molecule has 0 fully saturated rings. The van der Waals surface area contributed by atoms with Crippen molar-refractivity contribution in [1.29, 1.82) is 0 Å². The van der Waals surface area contributed by atoms with Gasteiger partial charge < -0.3 is 33.2 Å². The van der Waals surface area contributed by atoms with Crippen LogP contribution in [0.15, 0.2) is 165 Å². The number of hydrogen-bond donors (Lipinski definition) is 0. The molecule has 14 nitrogen and oxygen atoms in total. The molecule has 0 saturated carbocycles. The molecular formula is C81H100O14. The van der Waals surface area contributed by atoms with Crippen LogP contribution >= 0.6 is 0 Å². The quantitative estimate of drug-likeness (QED) is 0.0120. The number of rotatable bonds is 35. The lowest BCUT2D eigenvalue weighted by molar-refractivity contribution is -0.138. The Morgan fingerprint density at radius 2 is 0.874 bits per heavy atom. The van der Waals surface area contributed by atoms with Crippen molar-refractivity contribution in [3.05, 3.63) is 227 Å². The van der Waals surface area contributed by atoms with Gasteiger partial charge in [0.25, 0.3) is 0 Å². The third-order valence-electron chi connectivity index (χ3n) is 15.9. The number of esters is 3. The van der Waals surface area contributed by atoms with Gasteiger partial charge in [-0.15, -0.1) is 0 Å². The zero-order chi connectivity index (χ0) is 69.5. The highest BCUT2D eigenvalue weighted by atomic mass is 16.5. The molecule has 0 spiro atoms. The summed E-state index contributed by atoms with van der Waals surface area (Å²) in [6, 6.07) is 39.3. The van der Waals surface area contributed by atoms with Crippen molar-refractivity contribution in [3.8, 4) is 23.0 Å². The van der Waals surface area contributed by atoms with Gasteiger partial charge in [-0.05, 0) is 218 Å². The molecule has 0 bridgehead atoms. The SMILES string of the molecule is C=CC(=O)OCCCCCCOc1ccc(C(=O)c2ccc(C(=O)C(C)CCCCCC)cc2)cc1.C=CC(=O)OCCCCOc1ccc(C(C)=O)cc1.C=CC(=O)OCCCCOc1ccc(C(C)=O)cc1.Cc1cc(C)c2c(c1)O[C@H](c1ccc(C)c(C)c1)[C@@H](C)C2. The van der Waals surface area contributed by atoms with Gasteiger partial charge in [0.2, 0.25) is 0 Å². The maximum atomic E-state index is 12.9. The topological polar surface area (TPSA) is 184 Å². The molecule has 6 aromatic carbocycles. The summed E-state index contributed by atoms with van der Waals surface area (Å²) < 4.78 is 37.8. The predicted octanol–water partition coefficient (Wildman–Crippen LogP) is 18.2. The summed E-state index contributed by atoms with van der Waals surface area (Å²) in [5.41, 5.74) is 11.2. The maximum absolute atomic E-state index is 12.9. The van der Waals surface area contributed by atoms with Crippen LogP contribution < -0.4 is 18.9 Å². The van der Waals surface area contributed by atoms with Crippen LogP contribution in [-0.2, 0) is 35.0 Å². The van der Waals surface area contributed by atoms with Crippen molar-refractivity contribution in [3.63, 3.8) is 0 Å². The number of ether oxygens (including phenoxy) is 7. The van der Waals surface area contributed by atoms with Gasteiger partial charge >= 0.3 is 17.9 Å². The van der Waals surface area contributed by atoms with Crippen molar-refractivity contribution in [2.45, 2.75) is 158 Å². The molecule has 6 aromatic rings. The standard InChI is InChI=1S/C31H40O5.C20H24O.2C15H18O4/c1-4-6-7-10-13-24(3)30(33)25-14-16-26(17-15-25)31(34)27-18-20-28(21-19-27)35-22-11-8-9-12-23-36-29(32)5-2;1-12-8-15(4)18-11-16(5)20(21-19(18)9-12)17-7-6-13(2)14(3)10-17;2*1-3-15(17)19-11-5-4-10-18-14-8-6-13(7-9-14)12(2)16/h5,14-21,24H,2,4,6-13,22-23H2,1,3H3;6-10,16,20H,11H2,1-5H3;2*3,6-9H,1,4-5,10-11H2,2H3/t;16-,20-;;/m.0../s1. The van der Waals surface area contributed by atoms with Crippen molar-refractivity contribution in [2.24, 2.45) is 11.8 Å². The number of fused-ring (bicyclic) bond motifs is 1. The molecular weight excluding hydrogens is 1200 g/mol. The summed E-state index contributed by atoms with van der Waals surface area (Å²) in [4.78, 5) is 80.2. The average molecular weight is 1300 g/mol. The highest BCUT2D eigenvalue weighted by molar-refractivity contribution is 6.09. The average Bonchev–Trinajstić information content (AvgIpc) is 0.821. The number of carbonyl (C=O) groups excluding carboxylic acids is 7. The third-order valence-corrected chi connectivity index (χ3v) is 15.9. The highest BCUT2D eigenvalue weighted by Gasteiger charge is 2.29. The molecule has 0 radical (unpaired) electrons. The molecule has 1 aliphatic rings. The Bertz CT molecular complexity index is 3310. The van der Waals surface area contributed by atoms with Gasteiger partial charge in [-0.1, -0.05) is 115 Å². The van der Waals surface area contributed by atoms with Crippen LogP contribution in [-0.4, -0.2) is 80.7 Å². The molecule has 95 heavy (non-hydrogen) atoms. The number of Topliss-reactive ketones (excluding diaryl/α,β-unsaturated/α-hetero) is 3. The van der Waals surface area contributed by atoms with Crippen LogP contribution in [0.25, 0.3) is 0 Å². The fourth-order valence-corrected chi connectivity index (χ4v) is 10.1. The van der Waals surface area contributed by atoms with Gasteiger partial charge in [-0.2, -0.15) is 0 Å². The second kappa shape index (κ2) is 43.7. The van der Waals surface area contributed by atoms with Crippen molar-refractivity contribution in [1.82, 2.24) is 0 Å². The summed E-state index contributed by atoms with van der Waals surface area (Å²) in [6.07, 6.45) is 17.0. The van der Waals surface area contributed by atoms with Crippen LogP contribution in [0.5, 0.6) is 23.0 Å². The first-order valence-electron chi connectivity index (χ1n) is 33.3. The first kappa shape index (κ1) is 78.3. The van der Waals surface area contributed by atoms with Crippen molar-refractivity contribution < 1.29 is 66.7 Å². The summed E-state index contributed by atoms with van der Waals surface area (Å²) >= 11 is 0.